The van der Waals surface area contributed by atoms with Gasteiger partial charge < -0.3 is 24.5 Å². The molecule has 0 bridgehead atoms. The van der Waals surface area contributed by atoms with Gasteiger partial charge in [0, 0.05) is 20.0 Å². The van der Waals surface area contributed by atoms with Crippen molar-refractivity contribution < 1.29 is 28.6 Å². The van der Waals surface area contributed by atoms with Crippen molar-refractivity contribution in [2.75, 3.05) is 19.0 Å². The topological polar surface area (TPSA) is 128 Å². The number of fused-ring (bicyclic) bond motifs is 1. The van der Waals surface area contributed by atoms with Gasteiger partial charge in [0.05, 0.1) is 12.9 Å². The molecule has 40 heavy (non-hydrogen) atoms. The van der Waals surface area contributed by atoms with E-state index in [1.807, 2.05) is 0 Å². The number of nitrogens with one attached hydrogen (secondary N) is 1. The summed E-state index contributed by atoms with van der Waals surface area (Å²) >= 11 is 0. The molecular weight excluding hydrogens is 517 g/mol. The molecule has 1 amide bonds. The van der Waals surface area contributed by atoms with Gasteiger partial charge in [0.15, 0.2) is 22.6 Å². The summed E-state index contributed by atoms with van der Waals surface area (Å²) in [5.41, 5.74) is -1.41. The van der Waals surface area contributed by atoms with Gasteiger partial charge in [-0.05, 0) is 6.42 Å². The van der Waals surface area contributed by atoms with Crippen LogP contribution in [0.15, 0.2) is 6.33 Å². The van der Waals surface area contributed by atoms with Gasteiger partial charge in [-0.15, -0.1) is 6.42 Å². The van der Waals surface area contributed by atoms with Crippen LogP contribution in [-0.2, 0) is 25.6 Å². The average molecular weight is 562 g/mol. The molecule has 2 aromatic rings. The molecule has 222 valence electrons. The van der Waals surface area contributed by atoms with E-state index in [9.17, 15) is 19.1 Å². The molecule has 2 N–H and O–H groups in total. The first kappa shape index (κ1) is 33.1. The SMILES string of the molecule is C#CC(COC(=O)CC)(OC)[C@@H](O)Cn1cnc2c(NC(=O)CCCCCCCCCCCCC)nc(F)nc21. The minimum atomic E-state index is -1.64. The Morgan fingerprint density at radius 2 is 1.73 bits per heavy atom. The van der Waals surface area contributed by atoms with Gasteiger partial charge in [-0.2, -0.15) is 14.4 Å². The quantitative estimate of drug-likeness (QED) is 0.101. The number of anilines is 1. The summed E-state index contributed by atoms with van der Waals surface area (Å²) in [5, 5.41) is 13.5. The highest BCUT2D eigenvalue weighted by atomic mass is 19.1. The summed E-state index contributed by atoms with van der Waals surface area (Å²) in [6.07, 6.45) is 17.9. The van der Waals surface area contributed by atoms with Crippen LogP contribution in [0.5, 0.6) is 0 Å². The number of carbonyl (C=O) groups is 2. The lowest BCUT2D eigenvalue weighted by Crippen LogP contribution is -2.49. The van der Waals surface area contributed by atoms with Crippen LogP contribution >= 0.6 is 0 Å². The van der Waals surface area contributed by atoms with Crippen LogP contribution in [0.4, 0.5) is 10.2 Å². The normalized spacial score (nSPS) is 13.5. The maximum Gasteiger partial charge on any atom is 0.312 e. The number of imidazole rings is 1. The second-order valence-corrected chi connectivity index (χ2v) is 10.0. The average Bonchev–Trinajstić information content (AvgIpc) is 3.34. The van der Waals surface area contributed by atoms with Crippen LogP contribution in [0.1, 0.15) is 97.3 Å². The molecule has 2 heterocycles. The Kier molecular flexibility index (Phi) is 14.5. The number of nitrogens with zero attached hydrogens (tertiary/aromatic N) is 4. The highest BCUT2D eigenvalue weighted by Crippen LogP contribution is 2.23. The lowest BCUT2D eigenvalue weighted by Gasteiger charge is -2.31. The number of ether oxygens (including phenoxy) is 2. The zero-order chi connectivity index (χ0) is 29.4. The fourth-order valence-electron chi connectivity index (χ4n) is 4.39. The highest BCUT2D eigenvalue weighted by molar-refractivity contribution is 5.96. The number of aliphatic hydroxyl groups is 1. The summed E-state index contributed by atoms with van der Waals surface area (Å²) < 4.78 is 26.1. The predicted molar refractivity (Wildman–Crippen MR) is 151 cm³/mol. The lowest BCUT2D eigenvalue weighted by molar-refractivity contribution is -0.157. The van der Waals surface area contributed by atoms with Crippen molar-refractivity contribution in [1.29, 1.82) is 0 Å². The molecule has 10 nitrogen and oxygen atoms in total. The second-order valence-electron chi connectivity index (χ2n) is 10.0. The van der Waals surface area contributed by atoms with E-state index < -0.39 is 23.8 Å². The molecule has 0 saturated heterocycles. The maximum atomic E-state index is 14.3. The van der Waals surface area contributed by atoms with E-state index in [2.05, 4.69) is 33.1 Å². The zero-order valence-electron chi connectivity index (χ0n) is 24.1. The zero-order valence-corrected chi connectivity index (χ0v) is 24.1. The molecule has 2 atom stereocenters. The van der Waals surface area contributed by atoms with Gasteiger partial charge in [-0.1, -0.05) is 84.0 Å². The number of hydrogen-bond acceptors (Lipinski definition) is 8. The standard InChI is InChI=1S/C29H44FN5O5/c1-5-8-9-10-11-12-13-14-15-16-17-18-23(37)32-26-25-27(34-28(30)33-26)35(21-31-25)19-22(36)29(7-3,39-4)20-40-24(38)6-2/h3,21-22,36H,5-6,8-20H2,1-2,4H3,(H,32,33,34,37)/t22-,29?/m0/s1. The molecule has 1 unspecified atom stereocenters. The number of aromatic nitrogens is 4. The summed E-state index contributed by atoms with van der Waals surface area (Å²) in [6, 6.07) is 0. The van der Waals surface area contributed by atoms with Crippen molar-refractivity contribution in [3.8, 4) is 12.3 Å². The van der Waals surface area contributed by atoms with E-state index in [-0.39, 0.29) is 42.5 Å². The van der Waals surface area contributed by atoms with E-state index in [1.54, 1.807) is 6.92 Å². The van der Waals surface area contributed by atoms with E-state index in [1.165, 1.54) is 69.4 Å². The summed E-state index contributed by atoms with van der Waals surface area (Å²) in [5.74, 6) is 1.53. The fourth-order valence-corrected chi connectivity index (χ4v) is 4.39. The van der Waals surface area contributed by atoms with Gasteiger partial charge in [0.1, 0.15) is 12.7 Å². The largest absolute Gasteiger partial charge is 0.461 e. The molecule has 2 rings (SSSR count). The number of aliphatic hydroxyl groups excluding tert-OH is 1. The molecule has 0 spiro atoms. The third kappa shape index (κ3) is 10.1. The molecule has 0 radical (unpaired) electrons. The molecule has 0 fully saturated rings. The molecule has 0 aliphatic carbocycles. The number of unbranched alkanes of at least 4 members (excludes halogenated alkanes) is 10. The lowest BCUT2D eigenvalue weighted by atomic mass is 9.98. The molecular formula is C29H44FN5O5. The first-order valence-corrected chi connectivity index (χ1v) is 14.3. The smallest absolute Gasteiger partial charge is 0.312 e. The third-order valence-corrected chi connectivity index (χ3v) is 6.95. The Morgan fingerprint density at radius 3 is 2.30 bits per heavy atom. The van der Waals surface area contributed by atoms with Crippen LogP contribution in [-0.4, -0.2) is 61.9 Å². The highest BCUT2D eigenvalue weighted by Gasteiger charge is 2.38. The van der Waals surface area contributed by atoms with Crippen molar-refractivity contribution in [3.63, 3.8) is 0 Å². The van der Waals surface area contributed by atoms with Crippen molar-refractivity contribution in [3.05, 3.63) is 12.4 Å². The number of methoxy groups -OCH3 is 1. The van der Waals surface area contributed by atoms with Crippen molar-refractivity contribution >= 4 is 28.9 Å². The van der Waals surface area contributed by atoms with Gasteiger partial charge >= 0.3 is 12.0 Å². The first-order valence-electron chi connectivity index (χ1n) is 14.3. The van der Waals surface area contributed by atoms with Gasteiger partial charge in [-0.25, -0.2) is 4.98 Å². The van der Waals surface area contributed by atoms with E-state index in [0.717, 1.165) is 19.3 Å². The summed E-state index contributed by atoms with van der Waals surface area (Å²) in [4.78, 5) is 35.9. The number of halogens is 1. The van der Waals surface area contributed by atoms with Crippen LogP contribution in [0.3, 0.4) is 0 Å². The van der Waals surface area contributed by atoms with E-state index in [0.29, 0.717) is 6.42 Å². The fraction of sp³-hybridized carbons (Fsp3) is 0.690. The number of amides is 1. The minimum Gasteiger partial charge on any atom is -0.461 e. The van der Waals surface area contributed by atoms with Gasteiger partial charge in [0.2, 0.25) is 5.91 Å². The van der Waals surface area contributed by atoms with Crippen LogP contribution in [0.2, 0.25) is 0 Å². The van der Waals surface area contributed by atoms with Gasteiger partial charge in [-0.3, -0.25) is 9.59 Å². The summed E-state index contributed by atoms with van der Waals surface area (Å²) in [6.45, 7) is 3.29. The van der Waals surface area contributed by atoms with Crippen LogP contribution in [0.25, 0.3) is 11.2 Å². The third-order valence-electron chi connectivity index (χ3n) is 6.95. The Morgan fingerprint density at radius 1 is 1.10 bits per heavy atom. The number of terminal acetylenes is 1. The molecule has 2 aromatic heterocycles. The monoisotopic (exact) mass is 561 g/mol. The second kappa shape index (κ2) is 17.6. The molecule has 0 aliphatic rings. The summed E-state index contributed by atoms with van der Waals surface area (Å²) in [7, 11) is 1.29. The van der Waals surface area contributed by atoms with Crippen molar-refractivity contribution in [1.82, 2.24) is 19.5 Å². The predicted octanol–water partition coefficient (Wildman–Crippen LogP) is 4.94. The minimum absolute atomic E-state index is 0.0457. The molecule has 0 aliphatic heterocycles. The number of carbonyl (C=O) groups excluding carboxylic acids is 2. The molecule has 0 aromatic carbocycles. The van der Waals surface area contributed by atoms with Crippen LogP contribution < -0.4 is 5.32 Å². The Bertz CT molecular complexity index is 1120. The Hall–Kier alpha value is -3.10. The Balaban J connectivity index is 1.91. The van der Waals surface area contributed by atoms with E-state index in [4.69, 9.17) is 15.9 Å². The Labute approximate surface area is 236 Å². The number of esters is 1. The van der Waals surface area contributed by atoms with Gasteiger partial charge in [0.25, 0.3) is 0 Å². The number of hydrogen-bond donors (Lipinski definition) is 2. The number of rotatable bonds is 20. The first-order chi connectivity index (χ1) is 19.3. The van der Waals surface area contributed by atoms with E-state index >= 15 is 0 Å². The van der Waals surface area contributed by atoms with Crippen molar-refractivity contribution in [2.45, 2.75) is 116 Å². The van der Waals surface area contributed by atoms with Crippen molar-refractivity contribution in [2.24, 2.45) is 0 Å². The van der Waals surface area contributed by atoms with Crippen LogP contribution in [0, 0.1) is 18.4 Å². The maximum absolute atomic E-state index is 14.3. The molecule has 0 saturated carbocycles. The molecule has 11 heteroatoms.